The highest BCUT2D eigenvalue weighted by atomic mass is 16.6. The predicted molar refractivity (Wildman–Crippen MR) is 72.4 cm³/mol. The van der Waals surface area contributed by atoms with Crippen LogP contribution in [-0.2, 0) is 11.3 Å². The van der Waals surface area contributed by atoms with Crippen LogP contribution in [0.5, 0.6) is 0 Å². The number of amides is 1. The monoisotopic (exact) mass is 265 g/mol. The topological polar surface area (TPSA) is 98.3 Å². The lowest BCUT2D eigenvalue weighted by atomic mass is 10.0. The first-order valence-corrected chi connectivity index (χ1v) is 6.27. The number of nitrogens with two attached hydrogens (primary N) is 1. The number of carbonyl (C=O) groups excluding carboxylic acids is 1. The molecular formula is C13H19N3O3. The lowest BCUT2D eigenvalue weighted by Gasteiger charge is -2.12. The molecule has 1 atom stereocenters. The van der Waals surface area contributed by atoms with Gasteiger partial charge in [-0.2, -0.15) is 0 Å². The molecule has 6 nitrogen and oxygen atoms in total. The Bertz CT molecular complexity index is 445. The minimum Gasteiger partial charge on any atom is -0.352 e. The van der Waals surface area contributed by atoms with Crippen molar-refractivity contribution in [1.82, 2.24) is 5.32 Å². The molecule has 1 aromatic carbocycles. The number of nitro groups is 1. The maximum atomic E-state index is 11.7. The number of nitro benzene ring substituents is 1. The Kier molecular flexibility index (Phi) is 5.95. The van der Waals surface area contributed by atoms with Crippen molar-refractivity contribution in [2.45, 2.75) is 26.3 Å². The lowest BCUT2D eigenvalue weighted by molar-refractivity contribution is -0.385. The summed E-state index contributed by atoms with van der Waals surface area (Å²) in [4.78, 5) is 22.1. The quantitative estimate of drug-likeness (QED) is 0.577. The number of hydrogen-bond donors (Lipinski definition) is 2. The van der Waals surface area contributed by atoms with Crippen molar-refractivity contribution >= 4 is 11.6 Å². The summed E-state index contributed by atoms with van der Waals surface area (Å²) in [7, 11) is 0. The summed E-state index contributed by atoms with van der Waals surface area (Å²) in [5.41, 5.74) is 6.06. The van der Waals surface area contributed by atoms with E-state index in [4.69, 9.17) is 5.73 Å². The second-order valence-corrected chi connectivity index (χ2v) is 4.38. The van der Waals surface area contributed by atoms with Gasteiger partial charge in [-0.3, -0.25) is 14.9 Å². The van der Waals surface area contributed by atoms with Crippen LogP contribution < -0.4 is 11.1 Å². The number of nitrogens with one attached hydrogen (secondary N) is 1. The van der Waals surface area contributed by atoms with Gasteiger partial charge in [0.15, 0.2) is 0 Å². The molecule has 19 heavy (non-hydrogen) atoms. The van der Waals surface area contributed by atoms with E-state index < -0.39 is 4.92 Å². The average molecular weight is 265 g/mol. The fourth-order valence-electron chi connectivity index (χ4n) is 1.76. The molecule has 0 radical (unpaired) electrons. The summed E-state index contributed by atoms with van der Waals surface area (Å²) in [6.07, 6.45) is 1.20. The van der Waals surface area contributed by atoms with Gasteiger partial charge in [-0.1, -0.05) is 31.5 Å². The van der Waals surface area contributed by atoms with Gasteiger partial charge in [-0.15, -0.1) is 0 Å². The van der Waals surface area contributed by atoms with Gasteiger partial charge in [0.05, 0.1) is 4.92 Å². The number of nitrogens with zero attached hydrogens (tertiary/aromatic N) is 1. The summed E-state index contributed by atoms with van der Waals surface area (Å²) >= 11 is 0. The molecule has 0 aliphatic rings. The molecule has 104 valence electrons. The molecule has 0 bridgehead atoms. The summed E-state index contributed by atoms with van der Waals surface area (Å²) in [6.45, 7) is 2.61. The summed E-state index contributed by atoms with van der Waals surface area (Å²) in [5.74, 6) is 0.0289. The highest BCUT2D eigenvalue weighted by Gasteiger charge is 2.14. The fourth-order valence-corrected chi connectivity index (χ4v) is 1.76. The van der Waals surface area contributed by atoms with E-state index >= 15 is 0 Å². The maximum Gasteiger partial charge on any atom is 0.274 e. The molecule has 1 amide bonds. The van der Waals surface area contributed by atoms with E-state index in [-0.39, 0.29) is 24.1 Å². The third-order valence-corrected chi connectivity index (χ3v) is 3.05. The Balaban J connectivity index is 2.57. The molecule has 6 heteroatoms. The smallest absolute Gasteiger partial charge is 0.274 e. The molecule has 0 saturated carbocycles. The first-order valence-electron chi connectivity index (χ1n) is 6.27. The molecule has 3 N–H and O–H groups in total. The summed E-state index contributed by atoms with van der Waals surface area (Å²) in [5, 5.41) is 13.5. The van der Waals surface area contributed by atoms with Crippen LogP contribution >= 0.6 is 0 Å². The van der Waals surface area contributed by atoms with Crippen LogP contribution in [0.2, 0.25) is 0 Å². The Morgan fingerprint density at radius 1 is 1.47 bits per heavy atom. The van der Waals surface area contributed by atoms with Crippen molar-refractivity contribution in [3.63, 3.8) is 0 Å². The van der Waals surface area contributed by atoms with E-state index in [9.17, 15) is 14.9 Å². The highest BCUT2D eigenvalue weighted by Crippen LogP contribution is 2.17. The zero-order chi connectivity index (χ0) is 14.3. The molecule has 1 unspecified atom stereocenters. The first kappa shape index (κ1) is 15.1. The van der Waals surface area contributed by atoms with E-state index in [0.717, 1.165) is 6.42 Å². The van der Waals surface area contributed by atoms with Crippen LogP contribution in [0.4, 0.5) is 5.69 Å². The number of rotatable bonds is 7. The number of carbonyl (C=O) groups is 1. The van der Waals surface area contributed by atoms with Gasteiger partial charge in [0.1, 0.15) is 0 Å². The minimum atomic E-state index is -0.448. The Morgan fingerprint density at radius 3 is 2.74 bits per heavy atom. The third kappa shape index (κ3) is 4.67. The Labute approximate surface area is 112 Å². The fraction of sp³-hybridized carbons (Fsp3) is 0.462. The molecule has 0 spiro atoms. The number of benzene rings is 1. The zero-order valence-corrected chi connectivity index (χ0v) is 11.0. The van der Waals surface area contributed by atoms with Gasteiger partial charge < -0.3 is 11.1 Å². The van der Waals surface area contributed by atoms with Crippen molar-refractivity contribution in [2.75, 3.05) is 6.54 Å². The van der Waals surface area contributed by atoms with Gasteiger partial charge in [0, 0.05) is 24.6 Å². The zero-order valence-electron chi connectivity index (χ0n) is 11.0. The molecule has 0 aromatic heterocycles. The summed E-state index contributed by atoms with van der Waals surface area (Å²) in [6, 6.07) is 6.38. The van der Waals surface area contributed by atoms with Crippen molar-refractivity contribution in [3.8, 4) is 0 Å². The second-order valence-electron chi connectivity index (χ2n) is 4.38. The molecule has 0 fully saturated rings. The van der Waals surface area contributed by atoms with Crippen molar-refractivity contribution in [3.05, 3.63) is 39.9 Å². The normalized spacial score (nSPS) is 11.9. The number of para-hydroxylation sites is 1. The van der Waals surface area contributed by atoms with Crippen LogP contribution in [0, 0.1) is 16.0 Å². The average Bonchev–Trinajstić information content (AvgIpc) is 2.42. The van der Waals surface area contributed by atoms with E-state index in [1.807, 2.05) is 6.92 Å². The maximum absolute atomic E-state index is 11.7. The van der Waals surface area contributed by atoms with Gasteiger partial charge in [-0.05, 0) is 12.5 Å². The van der Waals surface area contributed by atoms with Crippen molar-refractivity contribution in [2.24, 2.45) is 11.7 Å². The van der Waals surface area contributed by atoms with Crippen molar-refractivity contribution < 1.29 is 9.72 Å². The number of hydrogen-bond acceptors (Lipinski definition) is 4. The molecule has 0 heterocycles. The van der Waals surface area contributed by atoms with Gasteiger partial charge in [0.25, 0.3) is 5.69 Å². The first-order chi connectivity index (χ1) is 9.08. The van der Waals surface area contributed by atoms with Crippen molar-refractivity contribution in [1.29, 1.82) is 0 Å². The Morgan fingerprint density at radius 2 is 2.16 bits per heavy atom. The SMILES string of the molecule is CCC(CN)CC(=O)NCc1ccccc1[N+](=O)[O-]. The van der Waals surface area contributed by atoms with E-state index in [2.05, 4.69) is 5.32 Å². The standard InChI is InChI=1S/C13H19N3O3/c1-2-10(8-14)7-13(17)15-9-11-5-3-4-6-12(11)16(18)19/h3-6,10H,2,7-9,14H2,1H3,(H,15,17). The van der Waals surface area contributed by atoms with Gasteiger partial charge in [-0.25, -0.2) is 0 Å². The van der Waals surface area contributed by atoms with Crippen LogP contribution in [0.3, 0.4) is 0 Å². The van der Waals surface area contributed by atoms with Crippen LogP contribution in [-0.4, -0.2) is 17.4 Å². The van der Waals surface area contributed by atoms with Gasteiger partial charge >= 0.3 is 0 Å². The molecule has 1 rings (SSSR count). The molecular weight excluding hydrogens is 246 g/mol. The lowest BCUT2D eigenvalue weighted by Crippen LogP contribution is -2.27. The Hall–Kier alpha value is -1.95. The second kappa shape index (κ2) is 7.48. The predicted octanol–water partition coefficient (Wildman–Crippen LogP) is 1.59. The molecule has 0 aliphatic carbocycles. The molecule has 1 aromatic rings. The van der Waals surface area contributed by atoms with E-state index in [1.165, 1.54) is 6.07 Å². The van der Waals surface area contributed by atoms with E-state index in [0.29, 0.717) is 18.5 Å². The summed E-state index contributed by atoms with van der Waals surface area (Å²) < 4.78 is 0. The van der Waals surface area contributed by atoms with Crippen LogP contribution in [0.15, 0.2) is 24.3 Å². The van der Waals surface area contributed by atoms with Gasteiger partial charge in [0.2, 0.25) is 5.91 Å². The molecule has 0 aliphatic heterocycles. The minimum absolute atomic E-state index is 0.0219. The highest BCUT2D eigenvalue weighted by molar-refractivity contribution is 5.76. The van der Waals surface area contributed by atoms with Crippen LogP contribution in [0.25, 0.3) is 0 Å². The van der Waals surface area contributed by atoms with Crippen LogP contribution in [0.1, 0.15) is 25.3 Å². The molecule has 0 saturated heterocycles. The van der Waals surface area contributed by atoms with E-state index in [1.54, 1.807) is 18.2 Å². The largest absolute Gasteiger partial charge is 0.352 e. The third-order valence-electron chi connectivity index (χ3n) is 3.05.